The van der Waals surface area contributed by atoms with Crippen molar-refractivity contribution in [2.75, 3.05) is 6.54 Å². The van der Waals surface area contributed by atoms with Gasteiger partial charge in [0.25, 0.3) is 5.91 Å². The largest absolute Gasteiger partial charge is 0.354 e. The lowest BCUT2D eigenvalue weighted by molar-refractivity contribution is -0.119. The normalized spacial score (nSPS) is 17.1. The van der Waals surface area contributed by atoms with Crippen LogP contribution in [0.3, 0.4) is 0 Å². The van der Waals surface area contributed by atoms with E-state index in [2.05, 4.69) is 20.6 Å². The van der Waals surface area contributed by atoms with Gasteiger partial charge in [0.15, 0.2) is 5.82 Å². The number of halogens is 1. The second kappa shape index (κ2) is 6.11. The number of nitrogens with one attached hydrogen (secondary N) is 2. The third-order valence-electron chi connectivity index (χ3n) is 3.30. The molecule has 1 aliphatic rings. The van der Waals surface area contributed by atoms with Gasteiger partial charge in [-0.1, -0.05) is 11.6 Å². The highest BCUT2D eigenvalue weighted by Gasteiger charge is 2.23. The molecule has 0 saturated carbocycles. The van der Waals surface area contributed by atoms with E-state index >= 15 is 0 Å². The summed E-state index contributed by atoms with van der Waals surface area (Å²) in [4.78, 5) is 31.7. The predicted octanol–water partition coefficient (Wildman–Crippen LogP) is 1.42. The molecule has 22 heavy (non-hydrogen) atoms. The van der Waals surface area contributed by atoms with Gasteiger partial charge in [-0.3, -0.25) is 9.59 Å². The van der Waals surface area contributed by atoms with Gasteiger partial charge in [0.1, 0.15) is 5.69 Å². The Morgan fingerprint density at radius 3 is 2.73 bits per heavy atom. The number of hydrogen-bond acceptors (Lipinski definition) is 4. The van der Waals surface area contributed by atoms with Gasteiger partial charge in [-0.2, -0.15) is 0 Å². The molecule has 1 saturated heterocycles. The first kappa shape index (κ1) is 14.5. The van der Waals surface area contributed by atoms with Crippen LogP contribution in [0.15, 0.2) is 36.5 Å². The summed E-state index contributed by atoms with van der Waals surface area (Å²) in [5.41, 5.74) is 1.04. The first-order valence-electron chi connectivity index (χ1n) is 6.78. The third kappa shape index (κ3) is 3.23. The maximum Gasteiger partial charge on any atom is 0.270 e. The van der Waals surface area contributed by atoms with Gasteiger partial charge in [0.05, 0.1) is 6.04 Å². The maximum atomic E-state index is 12.2. The Balaban J connectivity index is 1.77. The van der Waals surface area contributed by atoms with Gasteiger partial charge in [0.2, 0.25) is 5.91 Å². The SMILES string of the molecule is O=C1CC(NC(=O)c2ccnc(-c3ccc(Cl)cc3)n2)CN1. The van der Waals surface area contributed by atoms with E-state index in [1.165, 1.54) is 6.20 Å². The van der Waals surface area contributed by atoms with Crippen molar-refractivity contribution in [3.63, 3.8) is 0 Å². The maximum absolute atomic E-state index is 12.2. The third-order valence-corrected chi connectivity index (χ3v) is 3.56. The minimum absolute atomic E-state index is 0.0603. The minimum Gasteiger partial charge on any atom is -0.354 e. The fourth-order valence-corrected chi connectivity index (χ4v) is 2.32. The molecule has 112 valence electrons. The molecule has 1 atom stereocenters. The van der Waals surface area contributed by atoms with Gasteiger partial charge >= 0.3 is 0 Å². The Kier molecular flexibility index (Phi) is 4.02. The van der Waals surface area contributed by atoms with E-state index in [0.717, 1.165) is 5.56 Å². The van der Waals surface area contributed by atoms with Gasteiger partial charge in [0, 0.05) is 29.7 Å². The predicted molar refractivity (Wildman–Crippen MR) is 81.4 cm³/mol. The molecule has 3 rings (SSSR count). The summed E-state index contributed by atoms with van der Waals surface area (Å²) in [6.07, 6.45) is 1.82. The highest BCUT2D eigenvalue weighted by atomic mass is 35.5. The molecule has 1 unspecified atom stereocenters. The summed E-state index contributed by atoms with van der Waals surface area (Å²) in [5, 5.41) is 6.07. The number of nitrogens with zero attached hydrogens (tertiary/aromatic N) is 2. The smallest absolute Gasteiger partial charge is 0.270 e. The lowest BCUT2D eigenvalue weighted by Crippen LogP contribution is -2.36. The van der Waals surface area contributed by atoms with Crippen molar-refractivity contribution in [3.8, 4) is 11.4 Å². The van der Waals surface area contributed by atoms with Crippen LogP contribution in [0, 0.1) is 0 Å². The monoisotopic (exact) mass is 316 g/mol. The fraction of sp³-hybridized carbons (Fsp3) is 0.200. The highest BCUT2D eigenvalue weighted by Crippen LogP contribution is 2.18. The molecule has 0 radical (unpaired) electrons. The minimum atomic E-state index is -0.320. The molecular weight excluding hydrogens is 304 g/mol. The Labute approximate surface area is 131 Å². The molecule has 1 aromatic heterocycles. The fourth-order valence-electron chi connectivity index (χ4n) is 2.19. The van der Waals surface area contributed by atoms with Crippen LogP contribution in [-0.4, -0.2) is 34.4 Å². The average Bonchev–Trinajstić information content (AvgIpc) is 2.93. The van der Waals surface area contributed by atoms with Gasteiger partial charge in [-0.05, 0) is 30.3 Å². The van der Waals surface area contributed by atoms with E-state index < -0.39 is 0 Å². The number of amides is 2. The van der Waals surface area contributed by atoms with E-state index in [0.29, 0.717) is 23.8 Å². The van der Waals surface area contributed by atoms with Crippen LogP contribution in [-0.2, 0) is 4.79 Å². The van der Waals surface area contributed by atoms with Crippen LogP contribution in [0.4, 0.5) is 0 Å². The van der Waals surface area contributed by atoms with E-state index in [1.54, 1.807) is 30.3 Å². The van der Waals surface area contributed by atoms with Crippen molar-refractivity contribution < 1.29 is 9.59 Å². The molecule has 0 spiro atoms. The topological polar surface area (TPSA) is 84.0 Å². The molecule has 7 heteroatoms. The van der Waals surface area contributed by atoms with E-state index in [9.17, 15) is 9.59 Å². The van der Waals surface area contributed by atoms with Crippen molar-refractivity contribution in [1.82, 2.24) is 20.6 Å². The zero-order valence-corrected chi connectivity index (χ0v) is 12.3. The van der Waals surface area contributed by atoms with E-state index in [1.807, 2.05) is 0 Å². The van der Waals surface area contributed by atoms with Crippen LogP contribution >= 0.6 is 11.6 Å². The number of carbonyl (C=O) groups excluding carboxylic acids is 2. The number of benzene rings is 1. The van der Waals surface area contributed by atoms with Crippen molar-refractivity contribution in [3.05, 3.63) is 47.2 Å². The van der Waals surface area contributed by atoms with Crippen LogP contribution in [0.5, 0.6) is 0 Å². The lowest BCUT2D eigenvalue weighted by Gasteiger charge is -2.10. The summed E-state index contributed by atoms with van der Waals surface area (Å²) in [5.74, 6) is 0.0684. The van der Waals surface area contributed by atoms with Crippen LogP contribution in [0.1, 0.15) is 16.9 Å². The zero-order valence-electron chi connectivity index (χ0n) is 11.5. The summed E-state index contributed by atoms with van der Waals surface area (Å²) in [6, 6.07) is 8.40. The van der Waals surface area contributed by atoms with Crippen molar-refractivity contribution >= 4 is 23.4 Å². The quantitative estimate of drug-likeness (QED) is 0.897. The second-order valence-corrected chi connectivity index (χ2v) is 5.39. The van der Waals surface area contributed by atoms with Gasteiger partial charge in [-0.25, -0.2) is 9.97 Å². The molecule has 2 heterocycles. The Bertz CT molecular complexity index is 718. The summed E-state index contributed by atoms with van der Waals surface area (Å²) in [7, 11) is 0. The summed E-state index contributed by atoms with van der Waals surface area (Å²) >= 11 is 5.85. The van der Waals surface area contributed by atoms with Crippen molar-refractivity contribution in [2.24, 2.45) is 0 Å². The Hall–Kier alpha value is -2.47. The number of rotatable bonds is 3. The van der Waals surface area contributed by atoms with Crippen LogP contribution in [0.2, 0.25) is 5.02 Å². The molecule has 2 N–H and O–H groups in total. The van der Waals surface area contributed by atoms with E-state index in [4.69, 9.17) is 11.6 Å². The molecule has 1 fully saturated rings. The summed E-state index contributed by atoms with van der Waals surface area (Å²) < 4.78 is 0. The molecule has 1 aliphatic heterocycles. The molecule has 0 bridgehead atoms. The molecule has 1 aromatic carbocycles. The van der Waals surface area contributed by atoms with Crippen molar-refractivity contribution in [1.29, 1.82) is 0 Å². The summed E-state index contributed by atoms with van der Waals surface area (Å²) in [6.45, 7) is 0.444. The highest BCUT2D eigenvalue weighted by molar-refractivity contribution is 6.30. The standard InChI is InChI=1S/C15H13ClN4O2/c16-10-3-1-9(2-4-10)14-17-6-5-12(20-14)15(22)19-11-7-13(21)18-8-11/h1-6,11H,7-8H2,(H,18,21)(H,19,22). The van der Waals surface area contributed by atoms with E-state index in [-0.39, 0.29) is 23.6 Å². The second-order valence-electron chi connectivity index (χ2n) is 4.95. The van der Waals surface area contributed by atoms with Gasteiger partial charge < -0.3 is 10.6 Å². The van der Waals surface area contributed by atoms with Crippen LogP contribution < -0.4 is 10.6 Å². The lowest BCUT2D eigenvalue weighted by atomic mass is 10.2. The Morgan fingerprint density at radius 1 is 1.27 bits per heavy atom. The average molecular weight is 317 g/mol. The first-order chi connectivity index (χ1) is 10.6. The number of aromatic nitrogens is 2. The molecule has 6 nitrogen and oxygen atoms in total. The molecule has 0 aliphatic carbocycles. The molecule has 2 amide bonds. The Morgan fingerprint density at radius 2 is 2.05 bits per heavy atom. The molecular formula is C15H13ClN4O2. The molecule has 2 aromatic rings. The zero-order chi connectivity index (χ0) is 15.5. The number of carbonyl (C=O) groups is 2. The number of hydrogen-bond donors (Lipinski definition) is 2. The first-order valence-corrected chi connectivity index (χ1v) is 7.16. The van der Waals surface area contributed by atoms with Crippen LogP contribution in [0.25, 0.3) is 11.4 Å². The van der Waals surface area contributed by atoms with Gasteiger partial charge in [-0.15, -0.1) is 0 Å². The van der Waals surface area contributed by atoms with Crippen molar-refractivity contribution in [2.45, 2.75) is 12.5 Å².